The maximum Gasteiger partial charge on any atom is 0.205 e. The van der Waals surface area contributed by atoms with Gasteiger partial charge in [-0.3, -0.25) is 10.2 Å². The zero-order chi connectivity index (χ0) is 20.0. The average Bonchev–Trinajstić information content (AvgIpc) is 3.09. The maximum absolute atomic E-state index is 12.6. The fourth-order valence-electron chi connectivity index (χ4n) is 3.67. The smallest absolute Gasteiger partial charge is 0.205 e. The Labute approximate surface area is 180 Å². The van der Waals surface area contributed by atoms with Gasteiger partial charge in [0.05, 0.1) is 16.1 Å². The third-order valence-corrected chi connectivity index (χ3v) is 6.89. The van der Waals surface area contributed by atoms with E-state index in [2.05, 4.69) is 6.07 Å². The van der Waals surface area contributed by atoms with E-state index >= 15 is 0 Å². The first-order valence-electron chi connectivity index (χ1n) is 8.57. The molecule has 2 unspecified atom stereocenters. The molecule has 1 aliphatic carbocycles. The lowest BCUT2D eigenvalue weighted by Gasteiger charge is -2.33. The maximum atomic E-state index is 12.6. The zero-order valence-electron chi connectivity index (χ0n) is 14.4. The van der Waals surface area contributed by atoms with Gasteiger partial charge in [0.25, 0.3) is 0 Å². The van der Waals surface area contributed by atoms with Crippen LogP contribution in [0.2, 0.25) is 15.1 Å². The van der Waals surface area contributed by atoms with Gasteiger partial charge < -0.3 is 4.74 Å². The molecule has 1 aliphatic heterocycles. The first-order valence-corrected chi connectivity index (χ1v) is 10.5. The summed E-state index contributed by atoms with van der Waals surface area (Å²) in [6, 6.07) is 9.11. The highest BCUT2D eigenvalue weighted by molar-refractivity contribution is 7.15. The molecular weight excluding hydrogens is 439 g/mol. The summed E-state index contributed by atoms with van der Waals surface area (Å²) in [5.74, 6) is -0.966. The second kappa shape index (κ2) is 7.53. The first kappa shape index (κ1) is 19.5. The Balaban J connectivity index is 1.83. The third kappa shape index (κ3) is 3.25. The highest BCUT2D eigenvalue weighted by atomic mass is 35.5. The fourth-order valence-corrected chi connectivity index (χ4v) is 6.03. The van der Waals surface area contributed by atoms with Gasteiger partial charge in [-0.2, -0.15) is 5.26 Å². The number of thiophene rings is 1. The number of carbonyl (C=O) groups excluding carboxylic acids is 1. The lowest BCUT2D eigenvalue weighted by Crippen LogP contribution is -2.34. The van der Waals surface area contributed by atoms with Gasteiger partial charge in [0, 0.05) is 44.7 Å². The number of ether oxygens (including phenoxy) is 1. The molecule has 2 heterocycles. The minimum absolute atomic E-state index is 0.0171. The molecule has 0 radical (unpaired) electrons. The van der Waals surface area contributed by atoms with E-state index in [4.69, 9.17) is 44.9 Å². The first-order chi connectivity index (χ1) is 13.4. The molecule has 0 fully saturated rings. The van der Waals surface area contributed by atoms with E-state index in [1.807, 2.05) is 12.1 Å². The van der Waals surface area contributed by atoms with E-state index in [0.29, 0.717) is 51.2 Å². The lowest BCUT2D eigenvalue weighted by atomic mass is 9.77. The molecule has 1 N–H and O–H groups in total. The van der Waals surface area contributed by atoms with Gasteiger partial charge >= 0.3 is 0 Å². The topological polar surface area (TPSA) is 73.9 Å². The Hall–Kier alpha value is -1.84. The normalized spacial score (nSPS) is 21.9. The minimum Gasteiger partial charge on any atom is -0.446 e. The fraction of sp³-hybridized carbons (Fsp3) is 0.250. The zero-order valence-corrected chi connectivity index (χ0v) is 17.5. The summed E-state index contributed by atoms with van der Waals surface area (Å²) in [7, 11) is 0. The van der Waals surface area contributed by atoms with Crippen molar-refractivity contribution in [2.45, 2.75) is 25.2 Å². The Morgan fingerprint density at radius 1 is 1.18 bits per heavy atom. The summed E-state index contributed by atoms with van der Waals surface area (Å²) >= 11 is 20.1. The van der Waals surface area contributed by atoms with Crippen LogP contribution >= 0.6 is 46.1 Å². The molecule has 4 rings (SSSR count). The molecule has 1 aromatic carbocycles. The second-order valence-corrected chi connectivity index (χ2v) is 8.98. The molecule has 2 atom stereocenters. The number of hydrogen-bond acceptors (Lipinski definition) is 5. The Morgan fingerprint density at radius 2 is 1.89 bits per heavy atom. The van der Waals surface area contributed by atoms with Crippen molar-refractivity contribution in [1.82, 2.24) is 0 Å². The van der Waals surface area contributed by atoms with Gasteiger partial charge in [0.2, 0.25) is 5.90 Å². The van der Waals surface area contributed by atoms with E-state index in [-0.39, 0.29) is 11.7 Å². The number of halogens is 3. The number of Topliss-reactive ketones (excluding diaryl/α,β-unsaturated/α-hetero) is 1. The molecule has 0 saturated heterocycles. The third-order valence-electron chi connectivity index (χ3n) is 4.89. The number of carbonyl (C=O) groups is 1. The standard InChI is InChI=1S/C20H13Cl3N2O2S/c21-9-6-11(22)18(12(23)7-9)16-5-4-15(28-16)17-10(8-24)20(25)27-14-3-1-2-13(26)19(14)17/h4-7,10,17,25H,1-3H2. The lowest BCUT2D eigenvalue weighted by molar-refractivity contribution is -0.116. The van der Waals surface area contributed by atoms with Crippen molar-refractivity contribution in [2.24, 2.45) is 5.92 Å². The van der Waals surface area contributed by atoms with Crippen molar-refractivity contribution in [3.8, 4) is 16.5 Å². The quantitative estimate of drug-likeness (QED) is 0.558. The van der Waals surface area contributed by atoms with Crippen LogP contribution in [0.4, 0.5) is 0 Å². The van der Waals surface area contributed by atoms with Crippen LogP contribution in [0.15, 0.2) is 35.6 Å². The summed E-state index contributed by atoms with van der Waals surface area (Å²) in [6.07, 6.45) is 1.73. The predicted octanol–water partition coefficient (Wildman–Crippen LogP) is 6.61. The molecule has 0 spiro atoms. The predicted molar refractivity (Wildman–Crippen MR) is 111 cm³/mol. The van der Waals surface area contributed by atoms with Crippen LogP contribution in [0.25, 0.3) is 10.4 Å². The molecule has 0 saturated carbocycles. The number of allylic oxidation sites excluding steroid dienone is 2. The number of benzene rings is 1. The second-order valence-electron chi connectivity index (χ2n) is 6.61. The monoisotopic (exact) mass is 450 g/mol. The van der Waals surface area contributed by atoms with Crippen molar-refractivity contribution in [3.05, 3.63) is 55.5 Å². The SMILES string of the molecule is N#CC1C(=N)OC2=C(C(=O)CCC2)C1c1ccc(-c2c(Cl)cc(Cl)cc2Cl)s1. The van der Waals surface area contributed by atoms with E-state index in [9.17, 15) is 10.1 Å². The number of rotatable bonds is 2. The van der Waals surface area contributed by atoms with Crippen molar-refractivity contribution in [1.29, 1.82) is 10.7 Å². The van der Waals surface area contributed by atoms with Gasteiger partial charge in [-0.05, 0) is 30.7 Å². The van der Waals surface area contributed by atoms with E-state index in [1.54, 1.807) is 12.1 Å². The molecular formula is C20H13Cl3N2O2S. The minimum atomic E-state index is -0.844. The largest absolute Gasteiger partial charge is 0.446 e. The molecule has 4 nitrogen and oxygen atoms in total. The molecule has 2 aromatic rings. The van der Waals surface area contributed by atoms with Gasteiger partial charge in [-0.1, -0.05) is 34.8 Å². The van der Waals surface area contributed by atoms with Crippen LogP contribution in [0.5, 0.6) is 0 Å². The van der Waals surface area contributed by atoms with Gasteiger partial charge in [-0.15, -0.1) is 11.3 Å². The highest BCUT2D eigenvalue weighted by Gasteiger charge is 2.43. The summed E-state index contributed by atoms with van der Waals surface area (Å²) < 4.78 is 5.53. The summed E-state index contributed by atoms with van der Waals surface area (Å²) in [5.41, 5.74) is 1.18. The van der Waals surface area contributed by atoms with Crippen molar-refractivity contribution < 1.29 is 9.53 Å². The number of nitriles is 1. The van der Waals surface area contributed by atoms with Crippen LogP contribution in [-0.2, 0) is 9.53 Å². The summed E-state index contributed by atoms with van der Waals surface area (Å²) in [6.45, 7) is 0. The van der Waals surface area contributed by atoms with Gasteiger partial charge in [0.15, 0.2) is 5.78 Å². The van der Waals surface area contributed by atoms with Crippen LogP contribution in [-0.4, -0.2) is 11.7 Å². The molecule has 8 heteroatoms. The van der Waals surface area contributed by atoms with Crippen molar-refractivity contribution >= 4 is 57.8 Å². The van der Waals surface area contributed by atoms with Crippen molar-refractivity contribution in [3.63, 3.8) is 0 Å². The Morgan fingerprint density at radius 3 is 2.57 bits per heavy atom. The Bertz CT molecular complexity index is 1060. The molecule has 0 bridgehead atoms. The molecule has 2 aliphatic rings. The number of nitrogens with zero attached hydrogens (tertiary/aromatic N) is 1. The molecule has 142 valence electrons. The summed E-state index contributed by atoms with van der Waals surface area (Å²) in [4.78, 5) is 14.2. The molecule has 0 amide bonds. The highest BCUT2D eigenvalue weighted by Crippen LogP contribution is 2.48. The van der Waals surface area contributed by atoms with Crippen LogP contribution in [0.3, 0.4) is 0 Å². The van der Waals surface area contributed by atoms with Crippen molar-refractivity contribution in [2.75, 3.05) is 0 Å². The molecule has 1 aromatic heterocycles. The van der Waals surface area contributed by atoms with Crippen LogP contribution < -0.4 is 0 Å². The van der Waals surface area contributed by atoms with Crippen LogP contribution in [0, 0.1) is 22.7 Å². The number of ketones is 1. The van der Waals surface area contributed by atoms with Gasteiger partial charge in [-0.25, -0.2) is 0 Å². The van der Waals surface area contributed by atoms with Gasteiger partial charge in [0.1, 0.15) is 11.7 Å². The van der Waals surface area contributed by atoms with E-state index < -0.39 is 11.8 Å². The van der Waals surface area contributed by atoms with E-state index in [1.165, 1.54) is 11.3 Å². The van der Waals surface area contributed by atoms with Crippen LogP contribution in [0.1, 0.15) is 30.1 Å². The average molecular weight is 452 g/mol. The number of hydrogen-bond donors (Lipinski definition) is 1. The summed E-state index contributed by atoms with van der Waals surface area (Å²) in [5, 5.41) is 19.1. The Kier molecular flexibility index (Phi) is 5.24. The van der Waals surface area contributed by atoms with E-state index in [0.717, 1.165) is 9.75 Å². The number of nitrogens with one attached hydrogen (secondary N) is 1. The molecule has 28 heavy (non-hydrogen) atoms.